The van der Waals surface area contributed by atoms with Crippen LogP contribution in [0.1, 0.15) is 39.0 Å². The molecule has 1 N–H and O–H groups in total. The first-order chi connectivity index (χ1) is 10.3. The van der Waals surface area contributed by atoms with Crippen LogP contribution in [0.4, 0.5) is 11.4 Å². The molecule has 0 bridgehead atoms. The molecule has 0 aromatic heterocycles. The topological polar surface area (TPSA) is 41.6 Å². The van der Waals surface area contributed by atoms with Crippen molar-refractivity contribution in [3.8, 4) is 0 Å². The summed E-state index contributed by atoms with van der Waals surface area (Å²) >= 11 is 0. The van der Waals surface area contributed by atoms with Crippen LogP contribution in [-0.2, 0) is 9.53 Å². The fourth-order valence-electron chi connectivity index (χ4n) is 3.19. The second-order valence-corrected chi connectivity index (χ2v) is 5.96. The molecule has 0 aliphatic carbocycles. The minimum Gasteiger partial charge on any atom is -0.382 e. The van der Waals surface area contributed by atoms with Crippen LogP contribution in [0.5, 0.6) is 0 Å². The van der Waals surface area contributed by atoms with Crippen molar-refractivity contribution in [2.45, 2.75) is 51.2 Å². The first kappa shape index (κ1) is 14.4. The third-order valence-electron chi connectivity index (χ3n) is 4.45. The van der Waals surface area contributed by atoms with Gasteiger partial charge in [0.15, 0.2) is 0 Å². The number of amides is 1. The predicted molar refractivity (Wildman–Crippen MR) is 84.7 cm³/mol. The Balaban J connectivity index is 1.60. The number of benzene rings is 1. The summed E-state index contributed by atoms with van der Waals surface area (Å²) in [6.45, 7) is 3.87. The second kappa shape index (κ2) is 6.48. The number of nitrogens with zero attached hydrogens (tertiary/aromatic N) is 1. The maximum atomic E-state index is 11.7. The van der Waals surface area contributed by atoms with Gasteiger partial charge in [0.2, 0.25) is 5.91 Å². The molecule has 4 heteroatoms. The molecular formula is C17H24N2O2. The molecule has 2 atom stereocenters. The maximum Gasteiger partial charge on any atom is 0.227 e. The number of hydrogen-bond acceptors (Lipinski definition) is 3. The van der Waals surface area contributed by atoms with Crippen molar-refractivity contribution in [1.82, 2.24) is 0 Å². The lowest BCUT2D eigenvalue weighted by atomic mass is 10.0. The minimum atomic E-state index is 0.242. The molecule has 2 unspecified atom stereocenters. The zero-order chi connectivity index (χ0) is 14.7. The van der Waals surface area contributed by atoms with Gasteiger partial charge in [-0.15, -0.1) is 0 Å². The number of anilines is 2. The van der Waals surface area contributed by atoms with E-state index in [4.69, 9.17) is 4.74 Å². The van der Waals surface area contributed by atoms with Gasteiger partial charge in [-0.2, -0.15) is 0 Å². The highest BCUT2D eigenvalue weighted by molar-refractivity contribution is 5.95. The van der Waals surface area contributed by atoms with Crippen LogP contribution in [-0.4, -0.2) is 31.2 Å². The third kappa shape index (κ3) is 3.38. The van der Waals surface area contributed by atoms with E-state index in [2.05, 4.69) is 24.4 Å². The molecule has 2 saturated heterocycles. The quantitative estimate of drug-likeness (QED) is 0.925. The average molecular weight is 288 g/mol. The largest absolute Gasteiger partial charge is 0.382 e. The van der Waals surface area contributed by atoms with E-state index in [1.807, 2.05) is 17.0 Å². The number of hydrogen-bond donors (Lipinski definition) is 1. The molecule has 1 aromatic carbocycles. The lowest BCUT2D eigenvalue weighted by Gasteiger charge is -2.30. The molecule has 2 aliphatic rings. The Morgan fingerprint density at radius 3 is 2.81 bits per heavy atom. The molecule has 2 aliphatic heterocycles. The molecule has 3 rings (SSSR count). The third-order valence-corrected chi connectivity index (χ3v) is 4.45. The number of ether oxygens (including phenoxy) is 1. The minimum absolute atomic E-state index is 0.242. The summed E-state index contributed by atoms with van der Waals surface area (Å²) in [5.41, 5.74) is 2.15. The maximum absolute atomic E-state index is 11.7. The zero-order valence-electron chi connectivity index (χ0n) is 12.7. The highest BCUT2D eigenvalue weighted by atomic mass is 16.5. The van der Waals surface area contributed by atoms with E-state index in [9.17, 15) is 4.79 Å². The van der Waals surface area contributed by atoms with Gasteiger partial charge in [0.05, 0.1) is 6.10 Å². The SMILES string of the molecule is CCC1CC(Nc2ccc(N3CCCC3=O)cc2)CCO1. The summed E-state index contributed by atoms with van der Waals surface area (Å²) in [5.74, 6) is 0.242. The molecular weight excluding hydrogens is 264 g/mol. The summed E-state index contributed by atoms with van der Waals surface area (Å²) in [6.07, 6.45) is 5.25. The lowest BCUT2D eigenvalue weighted by molar-refractivity contribution is -0.117. The van der Waals surface area contributed by atoms with Crippen molar-refractivity contribution >= 4 is 17.3 Å². The van der Waals surface area contributed by atoms with Crippen molar-refractivity contribution in [3.05, 3.63) is 24.3 Å². The van der Waals surface area contributed by atoms with Crippen LogP contribution in [0.25, 0.3) is 0 Å². The zero-order valence-corrected chi connectivity index (χ0v) is 12.7. The Bertz CT molecular complexity index is 486. The summed E-state index contributed by atoms with van der Waals surface area (Å²) in [4.78, 5) is 13.6. The van der Waals surface area contributed by atoms with Crippen LogP contribution in [0.3, 0.4) is 0 Å². The van der Waals surface area contributed by atoms with Gasteiger partial charge < -0.3 is 15.0 Å². The highest BCUT2D eigenvalue weighted by Crippen LogP contribution is 2.25. The monoisotopic (exact) mass is 288 g/mol. The van der Waals surface area contributed by atoms with Crippen LogP contribution in [0.15, 0.2) is 24.3 Å². The summed E-state index contributed by atoms with van der Waals surface area (Å²) in [6, 6.07) is 8.74. The van der Waals surface area contributed by atoms with Crippen LogP contribution in [0, 0.1) is 0 Å². The van der Waals surface area contributed by atoms with Crippen molar-refractivity contribution < 1.29 is 9.53 Å². The molecule has 0 spiro atoms. The predicted octanol–water partition coefficient (Wildman–Crippen LogP) is 3.18. The molecule has 2 fully saturated rings. The number of carbonyl (C=O) groups is 1. The number of nitrogens with one attached hydrogen (secondary N) is 1. The highest BCUT2D eigenvalue weighted by Gasteiger charge is 2.23. The Kier molecular flexibility index (Phi) is 4.44. The Morgan fingerprint density at radius 2 is 2.14 bits per heavy atom. The van der Waals surface area contributed by atoms with E-state index in [0.717, 1.165) is 50.2 Å². The van der Waals surface area contributed by atoms with Crippen molar-refractivity contribution in [2.75, 3.05) is 23.4 Å². The first-order valence-electron chi connectivity index (χ1n) is 8.05. The van der Waals surface area contributed by atoms with Crippen molar-refractivity contribution in [1.29, 1.82) is 0 Å². The smallest absolute Gasteiger partial charge is 0.227 e. The van der Waals surface area contributed by atoms with E-state index in [0.29, 0.717) is 18.6 Å². The summed E-state index contributed by atoms with van der Waals surface area (Å²) in [7, 11) is 0. The standard InChI is InChI=1S/C17H24N2O2/c1-2-16-12-14(9-11-21-16)18-13-5-7-15(8-6-13)19-10-3-4-17(19)20/h5-8,14,16,18H,2-4,9-12H2,1H3. The van der Waals surface area contributed by atoms with Gasteiger partial charge >= 0.3 is 0 Å². The number of rotatable bonds is 4. The van der Waals surface area contributed by atoms with Gasteiger partial charge in [-0.3, -0.25) is 4.79 Å². The average Bonchev–Trinajstić information content (AvgIpc) is 2.94. The molecule has 21 heavy (non-hydrogen) atoms. The fraction of sp³-hybridized carbons (Fsp3) is 0.588. The second-order valence-electron chi connectivity index (χ2n) is 5.96. The Labute approximate surface area is 126 Å². The van der Waals surface area contributed by atoms with Gasteiger partial charge in [0.1, 0.15) is 0 Å². The van der Waals surface area contributed by atoms with Gasteiger partial charge in [-0.05, 0) is 49.9 Å². The molecule has 2 heterocycles. The molecule has 0 radical (unpaired) electrons. The van der Waals surface area contributed by atoms with Gasteiger partial charge in [-0.1, -0.05) is 6.92 Å². The van der Waals surface area contributed by atoms with Crippen molar-refractivity contribution in [3.63, 3.8) is 0 Å². The summed E-state index contributed by atoms with van der Waals surface area (Å²) in [5, 5.41) is 3.59. The van der Waals surface area contributed by atoms with E-state index >= 15 is 0 Å². The molecule has 1 aromatic rings. The van der Waals surface area contributed by atoms with Crippen LogP contribution < -0.4 is 10.2 Å². The lowest BCUT2D eigenvalue weighted by Crippen LogP contribution is -2.33. The van der Waals surface area contributed by atoms with Gasteiger partial charge in [-0.25, -0.2) is 0 Å². The van der Waals surface area contributed by atoms with E-state index in [-0.39, 0.29) is 5.91 Å². The first-order valence-corrected chi connectivity index (χ1v) is 8.05. The van der Waals surface area contributed by atoms with Crippen LogP contribution in [0.2, 0.25) is 0 Å². The van der Waals surface area contributed by atoms with Gasteiger partial charge in [0, 0.05) is 37.0 Å². The molecule has 4 nitrogen and oxygen atoms in total. The molecule has 114 valence electrons. The van der Waals surface area contributed by atoms with Crippen molar-refractivity contribution in [2.24, 2.45) is 0 Å². The fourth-order valence-corrected chi connectivity index (χ4v) is 3.19. The van der Waals surface area contributed by atoms with E-state index in [1.54, 1.807) is 0 Å². The summed E-state index contributed by atoms with van der Waals surface area (Å²) < 4.78 is 5.71. The van der Waals surface area contributed by atoms with E-state index < -0.39 is 0 Å². The van der Waals surface area contributed by atoms with Crippen LogP contribution >= 0.6 is 0 Å². The Hall–Kier alpha value is -1.55. The normalized spacial score (nSPS) is 26.1. The van der Waals surface area contributed by atoms with E-state index in [1.165, 1.54) is 0 Å². The number of carbonyl (C=O) groups excluding carboxylic acids is 1. The van der Waals surface area contributed by atoms with Gasteiger partial charge in [0.25, 0.3) is 0 Å². The molecule has 0 saturated carbocycles. The molecule has 1 amide bonds. The Morgan fingerprint density at radius 1 is 1.33 bits per heavy atom.